The first-order chi connectivity index (χ1) is 15.2. The molecule has 1 heterocycles. The molecule has 0 unspecified atom stereocenters. The van der Waals surface area contributed by atoms with E-state index in [0.717, 1.165) is 17.7 Å². The number of halogens is 3. The summed E-state index contributed by atoms with van der Waals surface area (Å²) < 4.78 is 64.4. The van der Waals surface area contributed by atoms with E-state index in [1.807, 2.05) is 22.6 Å². The van der Waals surface area contributed by atoms with Crippen LogP contribution >= 0.6 is 22.6 Å². The van der Waals surface area contributed by atoms with Gasteiger partial charge in [-0.3, -0.25) is 4.79 Å². The molecule has 1 aromatic heterocycles. The molecule has 0 aliphatic heterocycles. The number of hydrogen-bond acceptors (Lipinski definition) is 5. The van der Waals surface area contributed by atoms with Gasteiger partial charge in [0.25, 0.3) is 5.56 Å². The van der Waals surface area contributed by atoms with Crippen LogP contribution in [0.3, 0.4) is 0 Å². The Bertz CT molecular complexity index is 1290. The summed E-state index contributed by atoms with van der Waals surface area (Å²) in [6.07, 6.45) is 1.95. The van der Waals surface area contributed by atoms with Gasteiger partial charge in [-0.05, 0) is 58.8 Å². The molecule has 3 aromatic rings. The van der Waals surface area contributed by atoms with E-state index in [2.05, 4.69) is 4.72 Å². The van der Waals surface area contributed by atoms with Crippen LogP contribution in [0.1, 0.15) is 5.56 Å². The van der Waals surface area contributed by atoms with Gasteiger partial charge < -0.3 is 14.0 Å². The fourth-order valence-corrected chi connectivity index (χ4v) is 4.26. The summed E-state index contributed by atoms with van der Waals surface area (Å²) in [7, 11) is 0.299. The minimum atomic E-state index is -2.72. The number of aromatic nitrogens is 1. The van der Waals surface area contributed by atoms with Crippen molar-refractivity contribution < 1.29 is 26.7 Å². The van der Waals surface area contributed by atoms with E-state index in [0.29, 0.717) is 26.9 Å². The lowest BCUT2D eigenvalue weighted by Crippen LogP contribution is -2.20. The highest BCUT2D eigenvalue weighted by Crippen LogP contribution is 2.40. The third kappa shape index (κ3) is 5.45. The fraction of sp³-hybridized carbons (Fsp3) is 0.190. The molecule has 0 saturated heterocycles. The zero-order chi connectivity index (χ0) is 23.4. The Morgan fingerprint density at radius 2 is 1.81 bits per heavy atom. The summed E-state index contributed by atoms with van der Waals surface area (Å²) in [4.78, 5) is 12.3. The molecule has 0 saturated carbocycles. The molecule has 0 bridgehead atoms. The molecule has 32 heavy (non-hydrogen) atoms. The van der Waals surface area contributed by atoms with Crippen LogP contribution in [0, 0.1) is 15.2 Å². The average Bonchev–Trinajstić information content (AvgIpc) is 2.74. The normalized spacial score (nSPS) is 11.1. The van der Waals surface area contributed by atoms with Gasteiger partial charge in [-0.15, -0.1) is 0 Å². The number of hydrogen-bond donors (Lipinski definition) is 2. The van der Waals surface area contributed by atoms with Crippen LogP contribution < -0.4 is 19.8 Å². The van der Waals surface area contributed by atoms with Crippen LogP contribution in [0.25, 0.3) is 11.1 Å². The summed E-state index contributed by atoms with van der Waals surface area (Å²) >= 11 is 1.89. The fourth-order valence-electron chi connectivity index (χ4n) is 3.07. The Hall–Kier alpha value is -2.51. The zero-order valence-electron chi connectivity index (χ0n) is 17.0. The first-order valence-corrected chi connectivity index (χ1v) is 11.5. The maximum atomic E-state index is 14.2. The van der Waals surface area contributed by atoms with E-state index in [-0.39, 0.29) is 23.6 Å². The molecule has 0 atom stereocenters. The smallest absolute Gasteiger partial charge is 0.267 e. The Morgan fingerprint density at radius 1 is 1.09 bits per heavy atom. The van der Waals surface area contributed by atoms with Gasteiger partial charge in [-0.25, -0.2) is 21.9 Å². The van der Waals surface area contributed by atoms with Crippen molar-refractivity contribution in [3.8, 4) is 28.4 Å². The Morgan fingerprint density at radius 3 is 2.47 bits per heavy atom. The summed E-state index contributed by atoms with van der Waals surface area (Å²) in [6.45, 7) is 0.187. The molecule has 0 spiro atoms. The molecule has 0 fully saturated rings. The first kappa shape index (κ1) is 24.1. The van der Waals surface area contributed by atoms with Crippen LogP contribution in [0.5, 0.6) is 17.2 Å². The second kappa shape index (κ2) is 10.4. The number of methoxy groups -OCH3 is 1. The van der Waals surface area contributed by atoms with Gasteiger partial charge in [0.2, 0.25) is 10.9 Å². The number of pyridine rings is 1. The molecule has 1 N–H and O–H groups in total. The molecule has 0 amide bonds. The summed E-state index contributed by atoms with van der Waals surface area (Å²) in [6, 6.07) is 8.03. The minimum absolute atomic E-state index is 0.177. The van der Waals surface area contributed by atoms with Crippen molar-refractivity contribution >= 4 is 33.5 Å². The van der Waals surface area contributed by atoms with Crippen molar-refractivity contribution in [2.24, 2.45) is 7.05 Å². The van der Waals surface area contributed by atoms with Gasteiger partial charge in [0.05, 0.1) is 7.11 Å². The van der Waals surface area contributed by atoms with Gasteiger partial charge >= 0.3 is 0 Å². The Balaban J connectivity index is 2.15. The average molecular weight is 576 g/mol. The molecular formula is C21H19F2IN2O5S. The molecule has 2 aromatic carbocycles. The van der Waals surface area contributed by atoms with Crippen molar-refractivity contribution in [2.45, 2.75) is 6.42 Å². The van der Waals surface area contributed by atoms with Crippen LogP contribution in [0.2, 0.25) is 0 Å². The van der Waals surface area contributed by atoms with Gasteiger partial charge in [0, 0.05) is 37.0 Å². The SMILES string of the molecule is COc1c(-c2cc(CCN[SH](=O)=O)ccc2Oc2ccc(F)cc2F)cn(C)c(=O)c1I. The minimum Gasteiger partial charge on any atom is -0.495 e. The van der Waals surface area contributed by atoms with E-state index in [1.165, 1.54) is 17.7 Å². The number of rotatable bonds is 8. The summed E-state index contributed by atoms with van der Waals surface area (Å²) in [5.41, 5.74) is 1.52. The van der Waals surface area contributed by atoms with Crippen LogP contribution in [0.15, 0.2) is 47.4 Å². The van der Waals surface area contributed by atoms with E-state index in [1.54, 1.807) is 31.4 Å². The first-order valence-electron chi connectivity index (χ1n) is 9.28. The molecule has 0 aliphatic rings. The van der Waals surface area contributed by atoms with E-state index in [4.69, 9.17) is 9.47 Å². The second-order valence-corrected chi connectivity index (χ2v) is 8.64. The van der Waals surface area contributed by atoms with Crippen molar-refractivity contribution in [3.63, 3.8) is 0 Å². The monoisotopic (exact) mass is 576 g/mol. The number of ether oxygens (including phenoxy) is 2. The van der Waals surface area contributed by atoms with Crippen LogP contribution in [-0.2, 0) is 24.4 Å². The molecular weight excluding hydrogens is 557 g/mol. The maximum Gasteiger partial charge on any atom is 0.267 e. The maximum absolute atomic E-state index is 14.2. The highest BCUT2D eigenvalue weighted by atomic mass is 127. The number of aryl methyl sites for hydroxylation is 1. The largest absolute Gasteiger partial charge is 0.495 e. The number of nitrogens with zero attached hydrogens (tertiary/aromatic N) is 1. The molecule has 0 aliphatic carbocycles. The summed E-state index contributed by atoms with van der Waals surface area (Å²) in [5, 5.41) is 0. The molecule has 7 nitrogen and oxygen atoms in total. The summed E-state index contributed by atoms with van der Waals surface area (Å²) in [5.74, 6) is -1.22. The van der Waals surface area contributed by atoms with E-state index >= 15 is 0 Å². The van der Waals surface area contributed by atoms with E-state index < -0.39 is 22.5 Å². The molecule has 11 heteroatoms. The lowest BCUT2D eigenvalue weighted by molar-refractivity contribution is 0.410. The van der Waals surface area contributed by atoms with Gasteiger partial charge in [0.1, 0.15) is 20.9 Å². The van der Waals surface area contributed by atoms with Crippen molar-refractivity contribution in [2.75, 3.05) is 13.7 Å². The van der Waals surface area contributed by atoms with Crippen molar-refractivity contribution in [1.29, 1.82) is 0 Å². The zero-order valence-corrected chi connectivity index (χ0v) is 20.1. The van der Waals surface area contributed by atoms with Crippen molar-refractivity contribution in [1.82, 2.24) is 9.29 Å². The quantitative estimate of drug-likeness (QED) is 0.317. The van der Waals surface area contributed by atoms with Gasteiger partial charge in [-0.1, -0.05) is 6.07 Å². The van der Waals surface area contributed by atoms with Crippen LogP contribution in [-0.4, -0.2) is 26.6 Å². The van der Waals surface area contributed by atoms with Crippen molar-refractivity contribution in [3.05, 3.63) is 73.7 Å². The van der Waals surface area contributed by atoms with Gasteiger partial charge in [-0.2, -0.15) is 0 Å². The lowest BCUT2D eigenvalue weighted by atomic mass is 10.0. The van der Waals surface area contributed by atoms with Crippen LogP contribution in [0.4, 0.5) is 8.78 Å². The molecule has 0 radical (unpaired) electrons. The highest BCUT2D eigenvalue weighted by Gasteiger charge is 2.20. The third-order valence-electron chi connectivity index (χ3n) is 4.58. The van der Waals surface area contributed by atoms with Gasteiger partial charge in [0.15, 0.2) is 11.6 Å². The standard InChI is InChI=1S/C21H19F2IN2O5S/c1-26-11-15(20(30-2)19(24)21(26)27)14-9-12(7-8-25-32(28)29)3-5-17(14)31-18-6-4-13(22)10-16(18)23/h3-6,9-11,32H,7-8H2,1-2H3,(H,25,28,29). The Kier molecular flexibility index (Phi) is 7.85. The number of benzene rings is 2. The Labute approximate surface area is 198 Å². The third-order valence-corrected chi connectivity index (χ3v) is 6.01. The predicted molar refractivity (Wildman–Crippen MR) is 125 cm³/mol. The topological polar surface area (TPSA) is 86.6 Å². The second-order valence-electron chi connectivity index (χ2n) is 6.73. The highest BCUT2D eigenvalue weighted by molar-refractivity contribution is 14.1. The number of nitrogens with one attached hydrogen (secondary N) is 1. The van der Waals surface area contributed by atoms with E-state index in [9.17, 15) is 22.0 Å². The number of thiol groups is 1. The lowest BCUT2D eigenvalue weighted by Gasteiger charge is -2.17. The molecule has 3 rings (SSSR count). The molecule has 170 valence electrons. The predicted octanol–water partition coefficient (Wildman–Crippen LogP) is 3.39.